The maximum absolute atomic E-state index is 12.5. The fraction of sp³-hybridized carbons (Fsp3) is 0.250. The summed E-state index contributed by atoms with van der Waals surface area (Å²) >= 11 is 6.68. The van der Waals surface area contributed by atoms with Crippen LogP contribution in [-0.2, 0) is 16.4 Å². The Labute approximate surface area is 158 Å². The summed E-state index contributed by atoms with van der Waals surface area (Å²) in [5, 5.41) is 0. The third kappa shape index (κ3) is 4.72. The molecule has 2 aromatic rings. The van der Waals surface area contributed by atoms with Crippen LogP contribution >= 0.6 is 31.9 Å². The Hall–Kier alpha value is -1.09. The number of nitrogens with one attached hydrogen (secondary N) is 1. The van der Waals surface area contributed by atoms with Crippen molar-refractivity contribution in [2.24, 2.45) is 0 Å². The molecule has 130 valence electrons. The zero-order valence-electron chi connectivity index (χ0n) is 13.2. The van der Waals surface area contributed by atoms with Crippen molar-refractivity contribution in [2.45, 2.75) is 11.3 Å². The highest BCUT2D eigenvalue weighted by Gasteiger charge is 2.19. The van der Waals surface area contributed by atoms with Crippen LogP contribution in [0.5, 0.6) is 11.5 Å². The van der Waals surface area contributed by atoms with Crippen molar-refractivity contribution in [1.82, 2.24) is 4.72 Å². The third-order valence-electron chi connectivity index (χ3n) is 3.34. The van der Waals surface area contributed by atoms with Crippen molar-refractivity contribution in [1.29, 1.82) is 0 Å². The van der Waals surface area contributed by atoms with Crippen molar-refractivity contribution >= 4 is 41.9 Å². The van der Waals surface area contributed by atoms with Crippen molar-refractivity contribution in [3.63, 3.8) is 0 Å². The molecule has 0 radical (unpaired) electrons. The first-order chi connectivity index (χ1) is 11.4. The molecule has 0 aromatic heterocycles. The van der Waals surface area contributed by atoms with Gasteiger partial charge in [-0.05, 0) is 48.4 Å². The first-order valence-electron chi connectivity index (χ1n) is 7.03. The van der Waals surface area contributed by atoms with Crippen LogP contribution < -0.4 is 14.2 Å². The van der Waals surface area contributed by atoms with E-state index < -0.39 is 10.0 Å². The highest BCUT2D eigenvalue weighted by Crippen LogP contribution is 2.27. The molecular formula is C16H17Br2NO4S. The number of halogens is 2. The van der Waals surface area contributed by atoms with Crippen LogP contribution in [0, 0.1) is 0 Å². The molecule has 0 bridgehead atoms. The molecule has 2 rings (SSSR count). The summed E-state index contributed by atoms with van der Waals surface area (Å²) in [6.45, 7) is 0.241. The Balaban J connectivity index is 2.14. The predicted octanol–water partition coefficient (Wildman–Crippen LogP) is 3.75. The molecule has 24 heavy (non-hydrogen) atoms. The molecule has 0 unspecified atom stereocenters. The van der Waals surface area contributed by atoms with Crippen LogP contribution in [0.15, 0.2) is 50.2 Å². The fourth-order valence-corrected chi connectivity index (χ4v) is 4.35. The average molecular weight is 479 g/mol. The van der Waals surface area contributed by atoms with E-state index in [1.165, 1.54) is 13.2 Å². The van der Waals surface area contributed by atoms with Gasteiger partial charge in [-0.1, -0.05) is 31.9 Å². The topological polar surface area (TPSA) is 64.6 Å². The lowest BCUT2D eigenvalue weighted by Crippen LogP contribution is -2.26. The van der Waals surface area contributed by atoms with Gasteiger partial charge >= 0.3 is 0 Å². The Kier molecular flexibility index (Phi) is 6.68. The van der Waals surface area contributed by atoms with Crippen LogP contribution in [-0.4, -0.2) is 29.2 Å². The summed E-state index contributed by atoms with van der Waals surface area (Å²) < 4.78 is 39.7. The summed E-state index contributed by atoms with van der Waals surface area (Å²) in [5.74, 6) is 1.02. The molecule has 0 saturated heterocycles. The smallest absolute Gasteiger partial charge is 0.244 e. The second-order valence-corrected chi connectivity index (χ2v) is 8.47. The number of methoxy groups -OCH3 is 2. The molecule has 0 saturated carbocycles. The number of hydrogen-bond donors (Lipinski definition) is 1. The van der Waals surface area contributed by atoms with Gasteiger partial charge in [0.25, 0.3) is 0 Å². The van der Waals surface area contributed by atoms with E-state index in [2.05, 4.69) is 36.6 Å². The highest BCUT2D eigenvalue weighted by molar-refractivity contribution is 9.10. The predicted molar refractivity (Wildman–Crippen MR) is 100 cm³/mol. The lowest BCUT2D eigenvalue weighted by Gasteiger charge is -2.12. The van der Waals surface area contributed by atoms with E-state index in [9.17, 15) is 8.42 Å². The minimum absolute atomic E-state index is 0.0978. The van der Waals surface area contributed by atoms with E-state index >= 15 is 0 Å². The maximum Gasteiger partial charge on any atom is 0.244 e. The molecule has 2 aromatic carbocycles. The molecule has 0 aliphatic carbocycles. The minimum atomic E-state index is -3.68. The fourth-order valence-electron chi connectivity index (χ4n) is 2.20. The van der Waals surface area contributed by atoms with Crippen molar-refractivity contribution < 1.29 is 17.9 Å². The van der Waals surface area contributed by atoms with E-state index in [0.717, 1.165) is 15.8 Å². The van der Waals surface area contributed by atoms with Crippen LogP contribution in [0.25, 0.3) is 0 Å². The quantitative estimate of drug-likeness (QED) is 0.658. The van der Waals surface area contributed by atoms with Gasteiger partial charge in [-0.25, -0.2) is 13.1 Å². The van der Waals surface area contributed by atoms with Gasteiger partial charge in [-0.3, -0.25) is 0 Å². The molecule has 8 heteroatoms. The Morgan fingerprint density at radius 3 is 2.17 bits per heavy atom. The number of rotatable bonds is 7. The van der Waals surface area contributed by atoms with Gasteiger partial charge in [-0.2, -0.15) is 0 Å². The molecule has 0 atom stereocenters. The van der Waals surface area contributed by atoms with Crippen molar-refractivity contribution in [3.05, 3.63) is 50.9 Å². The third-order valence-corrected chi connectivity index (χ3v) is 5.81. The zero-order chi connectivity index (χ0) is 17.7. The largest absolute Gasteiger partial charge is 0.496 e. The average Bonchev–Trinajstić information content (AvgIpc) is 2.55. The summed E-state index contributed by atoms with van der Waals surface area (Å²) in [6, 6.07) is 10.5. The summed E-state index contributed by atoms with van der Waals surface area (Å²) in [7, 11) is -0.657. The Bertz CT molecular complexity index is 825. The van der Waals surface area contributed by atoms with Gasteiger partial charge in [0.05, 0.1) is 14.2 Å². The van der Waals surface area contributed by atoms with Gasteiger partial charge in [-0.15, -0.1) is 0 Å². The number of sulfonamides is 1. The minimum Gasteiger partial charge on any atom is -0.496 e. The van der Waals surface area contributed by atoms with E-state index in [0.29, 0.717) is 16.6 Å². The first kappa shape index (κ1) is 19.2. The molecule has 0 aliphatic heterocycles. The molecule has 0 aliphatic rings. The molecule has 1 N–H and O–H groups in total. The number of benzene rings is 2. The highest BCUT2D eigenvalue weighted by atomic mass is 79.9. The number of hydrogen-bond acceptors (Lipinski definition) is 4. The summed E-state index contributed by atoms with van der Waals surface area (Å²) in [5.41, 5.74) is 0.913. The van der Waals surface area contributed by atoms with Crippen LogP contribution in [0.4, 0.5) is 0 Å². The Morgan fingerprint density at radius 2 is 1.54 bits per heavy atom. The van der Waals surface area contributed by atoms with Gasteiger partial charge in [0, 0.05) is 15.5 Å². The maximum atomic E-state index is 12.5. The zero-order valence-corrected chi connectivity index (χ0v) is 17.2. The molecule has 5 nitrogen and oxygen atoms in total. The normalized spacial score (nSPS) is 11.3. The monoisotopic (exact) mass is 477 g/mol. The first-order valence-corrected chi connectivity index (χ1v) is 10.1. The summed E-state index contributed by atoms with van der Waals surface area (Å²) in [6.07, 6.45) is 0.498. The summed E-state index contributed by atoms with van der Waals surface area (Å²) in [4.78, 5) is 0.0978. The van der Waals surface area contributed by atoms with Gasteiger partial charge in [0.1, 0.15) is 16.4 Å². The van der Waals surface area contributed by atoms with E-state index in [-0.39, 0.29) is 11.4 Å². The van der Waals surface area contributed by atoms with Gasteiger partial charge < -0.3 is 9.47 Å². The Morgan fingerprint density at radius 1 is 0.958 bits per heavy atom. The molecule has 0 amide bonds. The van der Waals surface area contributed by atoms with E-state index in [1.807, 2.05) is 18.2 Å². The van der Waals surface area contributed by atoms with E-state index in [4.69, 9.17) is 9.47 Å². The lowest BCUT2D eigenvalue weighted by molar-refractivity contribution is 0.402. The van der Waals surface area contributed by atoms with Gasteiger partial charge in [0.15, 0.2) is 0 Å². The molecule has 0 heterocycles. The number of ether oxygens (including phenoxy) is 2. The van der Waals surface area contributed by atoms with Crippen LogP contribution in [0.3, 0.4) is 0 Å². The molecule has 0 fully saturated rings. The van der Waals surface area contributed by atoms with Crippen LogP contribution in [0.1, 0.15) is 5.56 Å². The van der Waals surface area contributed by atoms with Gasteiger partial charge in [0.2, 0.25) is 10.0 Å². The second-order valence-electron chi connectivity index (χ2n) is 4.90. The lowest BCUT2D eigenvalue weighted by atomic mass is 10.1. The molecule has 0 spiro atoms. The van der Waals surface area contributed by atoms with E-state index in [1.54, 1.807) is 19.2 Å². The van der Waals surface area contributed by atoms with Crippen molar-refractivity contribution in [3.8, 4) is 11.5 Å². The van der Waals surface area contributed by atoms with Crippen molar-refractivity contribution in [2.75, 3.05) is 20.8 Å². The van der Waals surface area contributed by atoms with Crippen LogP contribution in [0.2, 0.25) is 0 Å². The molecular weight excluding hydrogens is 462 g/mol. The SMILES string of the molecule is COc1ccc(Br)cc1CCNS(=O)(=O)c1cc(Br)ccc1OC. The second kappa shape index (κ2) is 8.33. The standard InChI is InChI=1S/C16H17Br2NO4S/c1-22-14-5-3-12(17)9-11(14)7-8-19-24(20,21)16-10-13(18)4-6-15(16)23-2/h3-6,9-10,19H,7-8H2,1-2H3.